The summed E-state index contributed by atoms with van der Waals surface area (Å²) in [5.41, 5.74) is 16.2. The van der Waals surface area contributed by atoms with Crippen molar-refractivity contribution >= 4 is 24.4 Å². The third kappa shape index (κ3) is 9.75. The normalized spacial score (nSPS) is 13.8. The Balaban J connectivity index is 3.87. The average molecular weight is 290 g/mol. The second kappa shape index (κ2) is 11.1. The summed E-state index contributed by atoms with van der Waals surface area (Å²) < 4.78 is 0. The van der Waals surface area contributed by atoms with E-state index in [1.807, 2.05) is 0 Å². The van der Waals surface area contributed by atoms with Gasteiger partial charge >= 0.3 is 0 Å². The van der Waals surface area contributed by atoms with Crippen LogP contribution < -0.4 is 22.5 Å². The molecule has 0 aliphatic carbocycles. The quantitative estimate of drug-likeness (QED) is 0.257. The van der Waals surface area contributed by atoms with Crippen LogP contribution in [0.25, 0.3) is 0 Å². The predicted octanol–water partition coefficient (Wildman–Crippen LogP) is -0.630. The van der Waals surface area contributed by atoms with Gasteiger partial charge < -0.3 is 22.5 Å². The zero-order chi connectivity index (χ0) is 14.7. The fourth-order valence-corrected chi connectivity index (χ4v) is 1.93. The Labute approximate surface area is 120 Å². The highest BCUT2D eigenvalue weighted by Crippen LogP contribution is 2.07. The van der Waals surface area contributed by atoms with E-state index in [-0.39, 0.29) is 17.7 Å². The lowest BCUT2D eigenvalue weighted by atomic mass is 10.0. The molecule has 0 rings (SSSR count). The third-order valence-corrected chi connectivity index (χ3v) is 3.44. The van der Waals surface area contributed by atoms with Crippen LogP contribution in [0.2, 0.25) is 0 Å². The minimum absolute atomic E-state index is 0.135. The molecule has 0 radical (unpaired) electrons. The van der Waals surface area contributed by atoms with E-state index in [4.69, 9.17) is 17.2 Å². The number of carbonyl (C=O) groups excluding carboxylic acids is 2. The van der Waals surface area contributed by atoms with Crippen LogP contribution >= 0.6 is 12.6 Å². The summed E-state index contributed by atoms with van der Waals surface area (Å²) >= 11 is 4.19. The Hall–Kier alpha value is -0.790. The molecule has 6 nitrogen and oxygen atoms in total. The molecule has 0 aliphatic heterocycles. The third-order valence-electron chi connectivity index (χ3n) is 2.93. The number of hydrogen-bond acceptors (Lipinski definition) is 5. The number of unbranched alkanes of at least 4 members (excludes halogenated alkanes) is 1. The van der Waals surface area contributed by atoms with Gasteiger partial charge in [0, 0.05) is 13.0 Å². The molecular formula is C12H26N4O2S. The highest BCUT2D eigenvalue weighted by Gasteiger charge is 2.15. The number of rotatable bonds is 11. The molecule has 0 aliphatic rings. The maximum absolute atomic E-state index is 11.7. The Morgan fingerprint density at radius 2 is 1.89 bits per heavy atom. The summed E-state index contributed by atoms with van der Waals surface area (Å²) in [5, 5.41) is 2.79. The SMILES string of the molecule is NCCCCC(N)C(=O)NC[C@H](CS)CCC(N)=O. The minimum Gasteiger partial charge on any atom is -0.370 e. The van der Waals surface area contributed by atoms with Gasteiger partial charge in [-0.1, -0.05) is 6.42 Å². The van der Waals surface area contributed by atoms with E-state index < -0.39 is 6.04 Å². The smallest absolute Gasteiger partial charge is 0.236 e. The number of amides is 2. The van der Waals surface area contributed by atoms with E-state index >= 15 is 0 Å². The summed E-state index contributed by atoms with van der Waals surface area (Å²) in [5.74, 6) is 0.228. The van der Waals surface area contributed by atoms with Gasteiger partial charge in [0.15, 0.2) is 0 Å². The fraction of sp³-hybridized carbons (Fsp3) is 0.833. The van der Waals surface area contributed by atoms with Crippen molar-refractivity contribution in [3.8, 4) is 0 Å². The van der Waals surface area contributed by atoms with Crippen molar-refractivity contribution in [3.63, 3.8) is 0 Å². The number of primary amides is 1. The first kappa shape index (κ1) is 18.2. The van der Waals surface area contributed by atoms with E-state index in [2.05, 4.69) is 17.9 Å². The highest BCUT2D eigenvalue weighted by atomic mass is 32.1. The maximum Gasteiger partial charge on any atom is 0.236 e. The predicted molar refractivity (Wildman–Crippen MR) is 79.7 cm³/mol. The van der Waals surface area contributed by atoms with E-state index in [9.17, 15) is 9.59 Å². The molecule has 19 heavy (non-hydrogen) atoms. The molecular weight excluding hydrogens is 264 g/mol. The molecule has 0 saturated carbocycles. The van der Waals surface area contributed by atoms with E-state index in [0.29, 0.717) is 38.1 Å². The molecule has 7 heteroatoms. The highest BCUT2D eigenvalue weighted by molar-refractivity contribution is 7.80. The summed E-state index contributed by atoms with van der Waals surface area (Å²) in [6.45, 7) is 1.09. The minimum atomic E-state index is -0.497. The van der Waals surface area contributed by atoms with E-state index in [1.165, 1.54) is 0 Å². The van der Waals surface area contributed by atoms with Gasteiger partial charge in [0.1, 0.15) is 0 Å². The van der Waals surface area contributed by atoms with Gasteiger partial charge in [0.05, 0.1) is 6.04 Å². The Morgan fingerprint density at radius 3 is 2.42 bits per heavy atom. The molecule has 0 aromatic carbocycles. The number of carbonyl (C=O) groups is 2. The molecule has 0 spiro atoms. The van der Waals surface area contributed by atoms with Crippen molar-refractivity contribution in [2.24, 2.45) is 23.1 Å². The fourth-order valence-electron chi connectivity index (χ4n) is 1.62. The van der Waals surface area contributed by atoms with Crippen molar-refractivity contribution in [3.05, 3.63) is 0 Å². The van der Waals surface area contributed by atoms with Crippen molar-refractivity contribution in [1.82, 2.24) is 5.32 Å². The van der Waals surface area contributed by atoms with Crippen LogP contribution in [0, 0.1) is 5.92 Å². The zero-order valence-electron chi connectivity index (χ0n) is 11.3. The van der Waals surface area contributed by atoms with Crippen molar-refractivity contribution in [2.45, 2.75) is 38.1 Å². The molecule has 112 valence electrons. The number of nitrogens with one attached hydrogen (secondary N) is 1. The van der Waals surface area contributed by atoms with Crippen LogP contribution in [0.15, 0.2) is 0 Å². The number of hydrogen-bond donors (Lipinski definition) is 5. The van der Waals surface area contributed by atoms with Crippen LogP contribution in [0.3, 0.4) is 0 Å². The van der Waals surface area contributed by atoms with Gasteiger partial charge in [0.2, 0.25) is 11.8 Å². The zero-order valence-corrected chi connectivity index (χ0v) is 12.2. The maximum atomic E-state index is 11.7. The molecule has 0 aromatic rings. The van der Waals surface area contributed by atoms with Crippen LogP contribution in [0.5, 0.6) is 0 Å². The first-order valence-corrected chi connectivity index (χ1v) is 7.27. The number of thiol groups is 1. The first-order chi connectivity index (χ1) is 9.01. The van der Waals surface area contributed by atoms with Gasteiger partial charge in [-0.25, -0.2) is 0 Å². The van der Waals surface area contributed by atoms with Gasteiger partial charge in [-0.3, -0.25) is 9.59 Å². The summed E-state index contributed by atoms with van der Waals surface area (Å²) in [4.78, 5) is 22.4. The molecule has 0 bridgehead atoms. The lowest BCUT2D eigenvalue weighted by Gasteiger charge is -2.17. The summed E-state index contributed by atoms with van der Waals surface area (Å²) in [6.07, 6.45) is 3.29. The molecule has 2 amide bonds. The largest absolute Gasteiger partial charge is 0.370 e. The Morgan fingerprint density at radius 1 is 1.21 bits per heavy atom. The van der Waals surface area contributed by atoms with Crippen LogP contribution in [-0.4, -0.2) is 36.7 Å². The Bertz CT molecular complexity index is 276. The lowest BCUT2D eigenvalue weighted by molar-refractivity contribution is -0.122. The van der Waals surface area contributed by atoms with Gasteiger partial charge in [-0.05, 0) is 37.5 Å². The van der Waals surface area contributed by atoms with Crippen LogP contribution in [0.4, 0.5) is 0 Å². The molecule has 0 aromatic heterocycles. The van der Waals surface area contributed by atoms with Crippen molar-refractivity contribution in [2.75, 3.05) is 18.8 Å². The molecule has 0 heterocycles. The number of nitrogens with two attached hydrogens (primary N) is 3. The van der Waals surface area contributed by atoms with E-state index in [1.54, 1.807) is 0 Å². The van der Waals surface area contributed by atoms with Crippen molar-refractivity contribution in [1.29, 1.82) is 0 Å². The van der Waals surface area contributed by atoms with Crippen LogP contribution in [-0.2, 0) is 9.59 Å². The summed E-state index contributed by atoms with van der Waals surface area (Å²) in [6, 6.07) is -0.497. The Kier molecular flexibility index (Phi) is 10.6. The van der Waals surface area contributed by atoms with Crippen LogP contribution in [0.1, 0.15) is 32.1 Å². The molecule has 0 fully saturated rings. The van der Waals surface area contributed by atoms with E-state index in [0.717, 1.165) is 12.8 Å². The van der Waals surface area contributed by atoms with Gasteiger partial charge in [-0.15, -0.1) is 0 Å². The second-order valence-electron chi connectivity index (χ2n) is 4.69. The monoisotopic (exact) mass is 290 g/mol. The van der Waals surface area contributed by atoms with Gasteiger partial charge in [0.25, 0.3) is 0 Å². The molecule has 7 N–H and O–H groups in total. The summed E-state index contributed by atoms with van der Waals surface area (Å²) in [7, 11) is 0. The molecule has 1 unspecified atom stereocenters. The average Bonchev–Trinajstić information content (AvgIpc) is 2.38. The van der Waals surface area contributed by atoms with Gasteiger partial charge in [-0.2, -0.15) is 12.6 Å². The first-order valence-electron chi connectivity index (χ1n) is 6.63. The standard InChI is InChI=1S/C12H26N4O2S/c13-6-2-1-3-10(14)12(18)16-7-9(8-19)4-5-11(15)17/h9-10,19H,1-8,13-14H2,(H2,15,17)(H,16,18)/t9-,10?/m1/s1. The lowest BCUT2D eigenvalue weighted by Crippen LogP contribution is -2.42. The second-order valence-corrected chi connectivity index (χ2v) is 5.05. The molecule has 2 atom stereocenters. The topological polar surface area (TPSA) is 124 Å². The van der Waals surface area contributed by atoms with Crippen molar-refractivity contribution < 1.29 is 9.59 Å². The molecule has 0 saturated heterocycles.